The quantitative estimate of drug-likeness (QED) is 0.185. The summed E-state index contributed by atoms with van der Waals surface area (Å²) in [7, 11) is 0. The first-order chi connectivity index (χ1) is 25.0. The van der Waals surface area contributed by atoms with Gasteiger partial charge in [0, 0.05) is 44.8 Å². The zero-order chi connectivity index (χ0) is 35.6. The van der Waals surface area contributed by atoms with Gasteiger partial charge in [0.1, 0.15) is 11.3 Å². The van der Waals surface area contributed by atoms with E-state index in [1.165, 1.54) is 55.7 Å². The highest BCUT2D eigenvalue weighted by Gasteiger charge is 2.58. The van der Waals surface area contributed by atoms with Gasteiger partial charge in [-0.3, -0.25) is 0 Å². The van der Waals surface area contributed by atoms with E-state index in [1.54, 1.807) is 0 Å². The van der Waals surface area contributed by atoms with Crippen LogP contribution in [-0.2, 0) is 10.8 Å². The molecule has 0 bridgehead atoms. The van der Waals surface area contributed by atoms with Crippen LogP contribution < -0.4 is 4.90 Å². The van der Waals surface area contributed by atoms with Crippen LogP contribution in [0, 0.1) is 10.8 Å². The number of hydrogen-bond acceptors (Lipinski definition) is 2. The number of anilines is 2. The number of para-hydroxylation sites is 1. The first kappa shape index (κ1) is 31.4. The fraction of sp³-hybridized carbons (Fsp3) is 0.240. The standard InChI is InChI=1S/C50H45NO/c1-47(2)41-18-12-10-17-39(41)42-27-25-36(31-50(42,47)6)51(34-22-20-33(21-23-34)32-14-8-7-9-15-32)35-24-26-40-43(30-35)48(3,4)49(5)29-28-38-37-16-11-13-19-44(37)52-46(38)45(40)49/h7-31,42,45H,1-6H3. The Morgan fingerprint density at radius 2 is 1.25 bits per heavy atom. The van der Waals surface area contributed by atoms with Crippen molar-refractivity contribution < 1.29 is 4.42 Å². The lowest BCUT2D eigenvalue weighted by molar-refractivity contribution is 0.226. The highest BCUT2D eigenvalue weighted by molar-refractivity contribution is 5.90. The Hall–Kier alpha value is -5.34. The van der Waals surface area contributed by atoms with E-state index < -0.39 is 0 Å². The average Bonchev–Trinajstić information content (AvgIpc) is 3.68. The Morgan fingerprint density at radius 3 is 2.06 bits per heavy atom. The third kappa shape index (κ3) is 4.01. The summed E-state index contributed by atoms with van der Waals surface area (Å²) in [5.41, 5.74) is 13.5. The zero-order valence-corrected chi connectivity index (χ0v) is 30.9. The molecule has 1 heterocycles. The molecule has 4 aliphatic carbocycles. The molecule has 4 atom stereocenters. The average molecular weight is 676 g/mol. The molecule has 6 aromatic rings. The molecule has 0 radical (unpaired) electrons. The van der Waals surface area contributed by atoms with Crippen molar-refractivity contribution in [1.29, 1.82) is 0 Å². The van der Waals surface area contributed by atoms with Gasteiger partial charge in [-0.15, -0.1) is 0 Å². The summed E-state index contributed by atoms with van der Waals surface area (Å²) in [5, 5.41) is 1.20. The second kappa shape index (κ2) is 10.6. The molecule has 0 amide bonds. The van der Waals surface area contributed by atoms with Crippen molar-refractivity contribution in [2.75, 3.05) is 4.90 Å². The Labute approximate surface area is 307 Å². The Morgan fingerprint density at radius 1 is 0.577 bits per heavy atom. The molecule has 10 rings (SSSR count). The van der Waals surface area contributed by atoms with E-state index in [4.69, 9.17) is 4.42 Å². The van der Waals surface area contributed by atoms with Gasteiger partial charge in [0.05, 0.1) is 5.92 Å². The van der Waals surface area contributed by atoms with Gasteiger partial charge in [-0.25, -0.2) is 0 Å². The van der Waals surface area contributed by atoms with E-state index in [0.717, 1.165) is 17.0 Å². The molecule has 0 N–H and O–H groups in total. The summed E-state index contributed by atoms with van der Waals surface area (Å²) in [5.74, 6) is 1.57. The van der Waals surface area contributed by atoms with Gasteiger partial charge >= 0.3 is 0 Å². The smallest absolute Gasteiger partial charge is 0.134 e. The summed E-state index contributed by atoms with van der Waals surface area (Å²) in [4.78, 5) is 2.49. The molecular formula is C50H45NO. The highest BCUT2D eigenvalue weighted by atomic mass is 16.3. The molecule has 4 aliphatic rings. The highest BCUT2D eigenvalue weighted by Crippen LogP contribution is 2.66. The van der Waals surface area contributed by atoms with Crippen molar-refractivity contribution in [3.8, 4) is 11.1 Å². The molecule has 0 spiro atoms. The second-order valence-electron chi connectivity index (χ2n) is 17.0. The van der Waals surface area contributed by atoms with E-state index in [2.05, 4.69) is 198 Å². The number of nitrogens with zero attached hydrogens (tertiary/aromatic N) is 1. The number of rotatable bonds is 4. The van der Waals surface area contributed by atoms with Crippen LogP contribution in [0.4, 0.5) is 11.4 Å². The van der Waals surface area contributed by atoms with Crippen LogP contribution in [0.15, 0.2) is 156 Å². The molecule has 0 saturated heterocycles. The normalized spacial score (nSPS) is 25.5. The fourth-order valence-corrected chi connectivity index (χ4v) is 10.4. The molecule has 4 unspecified atom stereocenters. The van der Waals surface area contributed by atoms with Crippen LogP contribution in [-0.4, -0.2) is 0 Å². The molecule has 0 fully saturated rings. The van der Waals surface area contributed by atoms with E-state index in [0.29, 0.717) is 5.92 Å². The monoisotopic (exact) mass is 675 g/mol. The largest absolute Gasteiger partial charge is 0.460 e. The summed E-state index contributed by atoms with van der Waals surface area (Å²) < 4.78 is 6.73. The summed E-state index contributed by atoms with van der Waals surface area (Å²) in [6.45, 7) is 14.6. The van der Waals surface area contributed by atoms with Crippen molar-refractivity contribution in [3.63, 3.8) is 0 Å². The van der Waals surface area contributed by atoms with Gasteiger partial charge in [-0.2, -0.15) is 0 Å². The number of benzene rings is 5. The van der Waals surface area contributed by atoms with E-state index in [-0.39, 0.29) is 27.6 Å². The third-order valence-corrected chi connectivity index (χ3v) is 14.1. The van der Waals surface area contributed by atoms with Crippen LogP contribution >= 0.6 is 0 Å². The maximum absolute atomic E-state index is 6.73. The molecule has 2 nitrogen and oxygen atoms in total. The van der Waals surface area contributed by atoms with Crippen molar-refractivity contribution in [1.82, 2.24) is 0 Å². The lowest BCUT2D eigenvalue weighted by Gasteiger charge is -2.43. The number of fused-ring (bicyclic) bond motifs is 10. The minimum Gasteiger partial charge on any atom is -0.460 e. The Bertz CT molecular complexity index is 2510. The van der Waals surface area contributed by atoms with Crippen LogP contribution in [0.1, 0.15) is 87.0 Å². The molecular weight excluding hydrogens is 631 g/mol. The number of allylic oxidation sites excluding steroid dienone is 4. The minimum absolute atomic E-state index is 0.0338. The molecule has 52 heavy (non-hydrogen) atoms. The van der Waals surface area contributed by atoms with E-state index in [9.17, 15) is 0 Å². The molecule has 2 heteroatoms. The first-order valence-electron chi connectivity index (χ1n) is 18.8. The van der Waals surface area contributed by atoms with Crippen molar-refractivity contribution in [2.24, 2.45) is 10.8 Å². The maximum Gasteiger partial charge on any atom is 0.134 e. The molecule has 5 aromatic carbocycles. The summed E-state index contributed by atoms with van der Waals surface area (Å²) >= 11 is 0. The summed E-state index contributed by atoms with van der Waals surface area (Å²) in [6.07, 6.45) is 12.2. The van der Waals surface area contributed by atoms with Crippen molar-refractivity contribution >= 4 is 28.4 Å². The van der Waals surface area contributed by atoms with Gasteiger partial charge in [0.25, 0.3) is 0 Å². The molecule has 0 saturated carbocycles. The zero-order valence-electron chi connectivity index (χ0n) is 30.9. The molecule has 0 aliphatic heterocycles. The predicted molar refractivity (Wildman–Crippen MR) is 216 cm³/mol. The third-order valence-electron chi connectivity index (χ3n) is 14.1. The Balaban J connectivity index is 1.14. The molecule has 1 aromatic heterocycles. The SMILES string of the molecule is CC1(C)c2ccccc2C2C=CC(N(c3ccc(-c4ccccc4)cc3)c3ccc4c(c3)C(C)(C)C3(C)C=Cc5c(oc6ccccc56)C43)=CC21C. The minimum atomic E-state index is -0.138. The number of furan rings is 1. The van der Waals surface area contributed by atoms with E-state index in [1.807, 2.05) is 0 Å². The molecule has 256 valence electrons. The first-order valence-corrected chi connectivity index (χ1v) is 18.8. The lowest BCUT2D eigenvalue weighted by atomic mass is 9.61. The van der Waals surface area contributed by atoms with Gasteiger partial charge in [-0.05, 0) is 80.6 Å². The van der Waals surface area contributed by atoms with Gasteiger partial charge in [0.15, 0.2) is 0 Å². The van der Waals surface area contributed by atoms with Crippen molar-refractivity contribution in [3.05, 3.63) is 185 Å². The Kier molecular flexibility index (Phi) is 6.40. The van der Waals surface area contributed by atoms with E-state index >= 15 is 0 Å². The lowest BCUT2D eigenvalue weighted by Crippen LogP contribution is -2.38. The van der Waals surface area contributed by atoms with Gasteiger partial charge in [0.2, 0.25) is 0 Å². The van der Waals surface area contributed by atoms with Gasteiger partial charge < -0.3 is 9.32 Å². The van der Waals surface area contributed by atoms with Crippen molar-refractivity contribution in [2.45, 2.75) is 64.2 Å². The van der Waals surface area contributed by atoms with Crippen LogP contribution in [0.2, 0.25) is 0 Å². The number of hydrogen-bond donors (Lipinski definition) is 0. The predicted octanol–water partition coefficient (Wildman–Crippen LogP) is 13.2. The second-order valence-corrected chi connectivity index (χ2v) is 17.0. The van der Waals surface area contributed by atoms with Gasteiger partial charge in [-0.1, -0.05) is 157 Å². The van der Waals surface area contributed by atoms with Crippen LogP contribution in [0.5, 0.6) is 0 Å². The topological polar surface area (TPSA) is 16.4 Å². The van der Waals surface area contributed by atoms with Crippen LogP contribution in [0.3, 0.4) is 0 Å². The fourth-order valence-electron chi connectivity index (χ4n) is 10.4. The van der Waals surface area contributed by atoms with Crippen LogP contribution in [0.25, 0.3) is 28.2 Å². The summed E-state index contributed by atoms with van der Waals surface area (Å²) in [6, 6.07) is 44.6. The maximum atomic E-state index is 6.73.